The maximum Gasteiger partial charge on any atom is 0.337 e. The summed E-state index contributed by atoms with van der Waals surface area (Å²) in [7, 11) is 3.06. The van der Waals surface area contributed by atoms with Crippen LogP contribution in [0.5, 0.6) is 0 Å². The van der Waals surface area contributed by atoms with Crippen LogP contribution in [0.25, 0.3) is 0 Å². The van der Waals surface area contributed by atoms with E-state index in [1.807, 2.05) is 17.0 Å². The van der Waals surface area contributed by atoms with Gasteiger partial charge in [0.25, 0.3) is 0 Å². The average Bonchev–Trinajstić information content (AvgIpc) is 3.21. The zero-order chi connectivity index (χ0) is 21.5. The van der Waals surface area contributed by atoms with Crippen molar-refractivity contribution in [1.82, 2.24) is 10.6 Å². The highest BCUT2D eigenvalue weighted by atomic mass is 19.1. The van der Waals surface area contributed by atoms with E-state index < -0.39 is 11.6 Å². The van der Waals surface area contributed by atoms with Gasteiger partial charge >= 0.3 is 5.97 Å². The first-order valence-corrected chi connectivity index (χ1v) is 9.84. The predicted molar refractivity (Wildman–Crippen MR) is 113 cm³/mol. The molecule has 160 valence electrons. The van der Waals surface area contributed by atoms with Gasteiger partial charge in [-0.3, -0.25) is 4.99 Å². The van der Waals surface area contributed by atoms with E-state index >= 15 is 0 Å². The molecular formula is C22H26F2N4O2. The number of rotatable bonds is 6. The van der Waals surface area contributed by atoms with Crippen molar-refractivity contribution in [3.8, 4) is 0 Å². The van der Waals surface area contributed by atoms with E-state index in [1.54, 1.807) is 19.2 Å². The van der Waals surface area contributed by atoms with Crippen LogP contribution in [0.1, 0.15) is 22.3 Å². The van der Waals surface area contributed by atoms with Crippen LogP contribution < -0.4 is 15.5 Å². The minimum atomic E-state index is -0.574. The lowest BCUT2D eigenvalue weighted by Crippen LogP contribution is -2.45. The molecule has 2 aromatic rings. The lowest BCUT2D eigenvalue weighted by molar-refractivity contribution is 0.0600. The molecular weight excluding hydrogens is 390 g/mol. The van der Waals surface area contributed by atoms with Gasteiger partial charge in [0.1, 0.15) is 11.6 Å². The second kappa shape index (κ2) is 10.0. The molecule has 1 aliphatic rings. The number of guanidine groups is 1. The van der Waals surface area contributed by atoms with E-state index in [2.05, 4.69) is 15.6 Å². The minimum Gasteiger partial charge on any atom is -0.465 e. The van der Waals surface area contributed by atoms with Gasteiger partial charge in [-0.25, -0.2) is 13.6 Å². The molecule has 1 aliphatic heterocycles. The van der Waals surface area contributed by atoms with Gasteiger partial charge < -0.3 is 20.3 Å². The summed E-state index contributed by atoms with van der Waals surface area (Å²) in [5, 5.41) is 6.63. The zero-order valence-electron chi connectivity index (χ0n) is 17.1. The highest BCUT2D eigenvalue weighted by molar-refractivity contribution is 5.89. The fourth-order valence-corrected chi connectivity index (χ4v) is 3.47. The second-order valence-electron chi connectivity index (χ2n) is 7.11. The largest absolute Gasteiger partial charge is 0.465 e. The molecule has 0 amide bonds. The molecule has 1 heterocycles. The van der Waals surface area contributed by atoms with Gasteiger partial charge in [0, 0.05) is 38.8 Å². The van der Waals surface area contributed by atoms with Crippen molar-refractivity contribution in [3.05, 3.63) is 65.2 Å². The molecule has 2 N–H and O–H groups in total. The summed E-state index contributed by atoms with van der Waals surface area (Å²) in [5.41, 5.74) is 2.03. The molecule has 0 bridgehead atoms. The molecule has 3 rings (SSSR count). The molecule has 0 aromatic heterocycles. The number of aliphatic imine (C=N–C) groups is 1. The van der Waals surface area contributed by atoms with Gasteiger partial charge in [-0.05, 0) is 42.7 Å². The van der Waals surface area contributed by atoms with E-state index in [0.717, 1.165) is 24.5 Å². The standard InChI is InChI=1S/C22H26F2N4O2/c1-25-22(26-11-9-15-3-5-16(6-4-15)21(29)30-2)27-18-10-12-28(14-18)20-8-7-17(23)13-19(20)24/h3-8,13,18H,9-12,14H2,1-2H3,(H2,25,26,27). The van der Waals surface area contributed by atoms with Crippen LogP contribution >= 0.6 is 0 Å². The number of nitrogens with one attached hydrogen (secondary N) is 2. The summed E-state index contributed by atoms with van der Waals surface area (Å²) in [6, 6.07) is 11.1. The van der Waals surface area contributed by atoms with Crippen molar-refractivity contribution >= 4 is 17.6 Å². The molecule has 2 aromatic carbocycles. The number of halogens is 2. The maximum atomic E-state index is 14.0. The molecule has 1 saturated heterocycles. The van der Waals surface area contributed by atoms with Crippen molar-refractivity contribution in [2.75, 3.05) is 38.7 Å². The Morgan fingerprint density at radius 1 is 1.23 bits per heavy atom. The van der Waals surface area contributed by atoms with Gasteiger partial charge in [-0.2, -0.15) is 0 Å². The van der Waals surface area contributed by atoms with Crippen molar-refractivity contribution in [1.29, 1.82) is 0 Å². The normalized spacial score (nSPS) is 16.5. The number of anilines is 1. The Labute approximate surface area is 174 Å². The monoisotopic (exact) mass is 416 g/mol. The zero-order valence-corrected chi connectivity index (χ0v) is 17.1. The first-order chi connectivity index (χ1) is 14.5. The Balaban J connectivity index is 1.46. The Morgan fingerprint density at radius 3 is 2.67 bits per heavy atom. The van der Waals surface area contributed by atoms with Gasteiger partial charge in [0.2, 0.25) is 0 Å². The van der Waals surface area contributed by atoms with E-state index in [-0.39, 0.29) is 12.0 Å². The van der Waals surface area contributed by atoms with Crippen molar-refractivity contribution < 1.29 is 18.3 Å². The molecule has 0 spiro atoms. The SMILES string of the molecule is CN=C(NCCc1ccc(C(=O)OC)cc1)NC1CCN(c2ccc(F)cc2F)C1. The number of ether oxygens (including phenoxy) is 1. The molecule has 6 nitrogen and oxygen atoms in total. The van der Waals surface area contributed by atoms with Crippen LogP contribution in [-0.2, 0) is 11.2 Å². The molecule has 1 unspecified atom stereocenters. The van der Waals surface area contributed by atoms with Gasteiger partial charge in [-0.1, -0.05) is 12.1 Å². The van der Waals surface area contributed by atoms with Crippen molar-refractivity contribution in [2.45, 2.75) is 18.9 Å². The van der Waals surface area contributed by atoms with Crippen LogP contribution in [0, 0.1) is 11.6 Å². The van der Waals surface area contributed by atoms with Crippen LogP contribution in [-0.4, -0.2) is 51.8 Å². The molecule has 0 saturated carbocycles. The summed E-state index contributed by atoms with van der Waals surface area (Å²) >= 11 is 0. The maximum absolute atomic E-state index is 14.0. The second-order valence-corrected chi connectivity index (χ2v) is 7.11. The highest BCUT2D eigenvalue weighted by Gasteiger charge is 2.25. The number of nitrogens with zero attached hydrogens (tertiary/aromatic N) is 2. The van der Waals surface area contributed by atoms with Crippen LogP contribution in [0.15, 0.2) is 47.5 Å². The number of benzene rings is 2. The van der Waals surface area contributed by atoms with E-state index in [0.29, 0.717) is 36.8 Å². The third kappa shape index (κ3) is 5.46. The summed E-state index contributed by atoms with van der Waals surface area (Å²) in [6.07, 6.45) is 1.59. The average molecular weight is 416 g/mol. The Kier molecular flexibility index (Phi) is 7.21. The van der Waals surface area contributed by atoms with E-state index in [4.69, 9.17) is 4.74 Å². The Morgan fingerprint density at radius 2 is 2.00 bits per heavy atom. The third-order valence-electron chi connectivity index (χ3n) is 5.08. The predicted octanol–water partition coefficient (Wildman–Crippen LogP) is 2.74. The Bertz CT molecular complexity index is 903. The lowest BCUT2D eigenvalue weighted by atomic mass is 10.1. The quantitative estimate of drug-likeness (QED) is 0.431. The van der Waals surface area contributed by atoms with Gasteiger partial charge in [0.05, 0.1) is 18.4 Å². The number of hydrogen-bond acceptors (Lipinski definition) is 4. The Hall–Kier alpha value is -3.16. The molecule has 0 radical (unpaired) electrons. The highest BCUT2D eigenvalue weighted by Crippen LogP contribution is 2.24. The fourth-order valence-electron chi connectivity index (χ4n) is 3.47. The van der Waals surface area contributed by atoms with Crippen molar-refractivity contribution in [2.24, 2.45) is 4.99 Å². The number of methoxy groups -OCH3 is 1. The smallest absolute Gasteiger partial charge is 0.337 e. The molecule has 30 heavy (non-hydrogen) atoms. The summed E-state index contributed by atoms with van der Waals surface area (Å²) in [6.45, 7) is 1.96. The van der Waals surface area contributed by atoms with Gasteiger partial charge in [-0.15, -0.1) is 0 Å². The van der Waals surface area contributed by atoms with Crippen LogP contribution in [0.3, 0.4) is 0 Å². The summed E-state index contributed by atoms with van der Waals surface area (Å²) in [5.74, 6) is -0.797. The first kappa shape index (κ1) is 21.5. The minimum absolute atomic E-state index is 0.111. The molecule has 1 atom stereocenters. The lowest BCUT2D eigenvalue weighted by Gasteiger charge is -2.21. The molecule has 1 fully saturated rings. The fraction of sp³-hybridized carbons (Fsp3) is 0.364. The number of carbonyl (C=O) groups is 1. The van der Waals surface area contributed by atoms with Crippen LogP contribution in [0.2, 0.25) is 0 Å². The number of carbonyl (C=O) groups excluding carboxylic acids is 1. The first-order valence-electron chi connectivity index (χ1n) is 9.84. The number of hydrogen-bond donors (Lipinski definition) is 2. The molecule has 0 aliphatic carbocycles. The summed E-state index contributed by atoms with van der Waals surface area (Å²) < 4.78 is 31.8. The summed E-state index contributed by atoms with van der Waals surface area (Å²) in [4.78, 5) is 17.6. The number of esters is 1. The molecule has 8 heteroatoms. The van der Waals surface area contributed by atoms with Gasteiger partial charge in [0.15, 0.2) is 5.96 Å². The third-order valence-corrected chi connectivity index (χ3v) is 5.08. The topological polar surface area (TPSA) is 66.0 Å². The van der Waals surface area contributed by atoms with Crippen molar-refractivity contribution in [3.63, 3.8) is 0 Å². The van der Waals surface area contributed by atoms with E-state index in [9.17, 15) is 13.6 Å². The van der Waals surface area contributed by atoms with E-state index in [1.165, 1.54) is 19.2 Å². The van der Waals surface area contributed by atoms with Crippen LogP contribution in [0.4, 0.5) is 14.5 Å².